The number of alkyl halides is 1. The molecule has 0 radical (unpaired) electrons. The van der Waals surface area contributed by atoms with Crippen molar-refractivity contribution in [1.82, 2.24) is 5.32 Å². The molecule has 0 bridgehead atoms. The van der Waals surface area contributed by atoms with E-state index < -0.39 is 0 Å². The van der Waals surface area contributed by atoms with Crippen LogP contribution in [0.25, 0.3) is 0 Å². The van der Waals surface area contributed by atoms with Gasteiger partial charge in [0.1, 0.15) is 0 Å². The Morgan fingerprint density at radius 3 is 2.62 bits per heavy atom. The van der Waals surface area contributed by atoms with Gasteiger partial charge in [0, 0.05) is 17.8 Å². The Balaban J connectivity index is 2.16. The molecule has 0 saturated heterocycles. The summed E-state index contributed by atoms with van der Waals surface area (Å²) in [5.74, 6) is 0.952. The molecular formula is C13H24BrNO. The van der Waals surface area contributed by atoms with Crippen molar-refractivity contribution in [1.29, 1.82) is 0 Å². The largest absolute Gasteiger partial charge is 0.353 e. The van der Waals surface area contributed by atoms with E-state index in [-0.39, 0.29) is 5.91 Å². The number of nitrogens with one attached hydrogen (secondary N) is 1. The summed E-state index contributed by atoms with van der Waals surface area (Å²) < 4.78 is 0. The molecule has 1 N–H and O–H groups in total. The molecule has 1 atom stereocenters. The van der Waals surface area contributed by atoms with Crippen molar-refractivity contribution in [3.8, 4) is 0 Å². The first kappa shape index (κ1) is 14.0. The first-order chi connectivity index (χ1) is 7.74. The van der Waals surface area contributed by atoms with Gasteiger partial charge in [-0.1, -0.05) is 35.2 Å². The third-order valence-electron chi connectivity index (χ3n) is 3.53. The lowest BCUT2D eigenvalue weighted by Crippen LogP contribution is -2.38. The molecule has 1 aliphatic carbocycles. The van der Waals surface area contributed by atoms with Gasteiger partial charge in [-0.05, 0) is 38.5 Å². The van der Waals surface area contributed by atoms with E-state index in [1.54, 1.807) is 0 Å². The van der Waals surface area contributed by atoms with Crippen LogP contribution in [-0.2, 0) is 4.79 Å². The fraction of sp³-hybridized carbons (Fsp3) is 0.923. The number of hydrogen-bond donors (Lipinski definition) is 1. The lowest BCUT2D eigenvalue weighted by atomic mass is 9.84. The standard InChI is InChI=1S/C13H24BrNO/c1-11(12-7-3-2-4-8-12)15-13(16)9-5-6-10-14/h11-12H,2-10H2,1H3,(H,15,16)/t11-/m0/s1. The highest BCUT2D eigenvalue weighted by atomic mass is 79.9. The minimum atomic E-state index is 0.235. The zero-order chi connectivity index (χ0) is 11.8. The summed E-state index contributed by atoms with van der Waals surface area (Å²) in [6, 6.07) is 0.372. The average Bonchev–Trinajstić information content (AvgIpc) is 2.30. The van der Waals surface area contributed by atoms with E-state index in [0.29, 0.717) is 18.4 Å². The van der Waals surface area contributed by atoms with Crippen LogP contribution in [0.5, 0.6) is 0 Å². The van der Waals surface area contributed by atoms with Gasteiger partial charge in [0.15, 0.2) is 0 Å². The molecule has 1 aliphatic rings. The number of carbonyl (C=O) groups is 1. The molecule has 2 nitrogen and oxygen atoms in total. The van der Waals surface area contributed by atoms with Gasteiger partial charge in [0.2, 0.25) is 5.91 Å². The van der Waals surface area contributed by atoms with Crippen molar-refractivity contribution in [2.75, 3.05) is 5.33 Å². The second kappa shape index (κ2) is 8.10. The highest BCUT2D eigenvalue weighted by Gasteiger charge is 2.20. The molecule has 1 amide bonds. The minimum absolute atomic E-state index is 0.235. The highest BCUT2D eigenvalue weighted by Crippen LogP contribution is 2.26. The molecule has 0 spiro atoms. The Morgan fingerprint density at radius 2 is 2.00 bits per heavy atom. The molecule has 1 saturated carbocycles. The summed E-state index contributed by atoms with van der Waals surface area (Å²) in [6.45, 7) is 2.17. The van der Waals surface area contributed by atoms with E-state index in [9.17, 15) is 4.79 Å². The molecule has 1 fully saturated rings. The molecule has 0 aliphatic heterocycles. The van der Waals surface area contributed by atoms with Gasteiger partial charge in [-0.25, -0.2) is 0 Å². The Morgan fingerprint density at radius 1 is 1.31 bits per heavy atom. The number of hydrogen-bond acceptors (Lipinski definition) is 1. The lowest BCUT2D eigenvalue weighted by Gasteiger charge is -2.28. The third kappa shape index (κ3) is 5.33. The predicted octanol–water partition coefficient (Wildman–Crippen LogP) is 3.64. The minimum Gasteiger partial charge on any atom is -0.353 e. The van der Waals surface area contributed by atoms with Gasteiger partial charge in [-0.2, -0.15) is 0 Å². The number of carbonyl (C=O) groups excluding carboxylic acids is 1. The third-order valence-corrected chi connectivity index (χ3v) is 4.09. The van der Waals surface area contributed by atoms with Gasteiger partial charge >= 0.3 is 0 Å². The topological polar surface area (TPSA) is 29.1 Å². The van der Waals surface area contributed by atoms with Gasteiger partial charge in [-0.15, -0.1) is 0 Å². The van der Waals surface area contributed by atoms with Gasteiger partial charge in [-0.3, -0.25) is 4.79 Å². The van der Waals surface area contributed by atoms with Crippen LogP contribution in [-0.4, -0.2) is 17.3 Å². The van der Waals surface area contributed by atoms with E-state index in [0.717, 1.165) is 18.2 Å². The van der Waals surface area contributed by atoms with E-state index in [1.165, 1.54) is 32.1 Å². The number of amides is 1. The molecular weight excluding hydrogens is 266 g/mol. The lowest BCUT2D eigenvalue weighted by molar-refractivity contribution is -0.122. The Labute approximate surface area is 108 Å². The Hall–Kier alpha value is -0.0500. The highest BCUT2D eigenvalue weighted by molar-refractivity contribution is 9.09. The summed E-state index contributed by atoms with van der Waals surface area (Å²) in [6.07, 6.45) is 9.42. The van der Waals surface area contributed by atoms with Crippen LogP contribution >= 0.6 is 15.9 Å². The van der Waals surface area contributed by atoms with Crippen molar-refractivity contribution >= 4 is 21.8 Å². The van der Waals surface area contributed by atoms with E-state index in [4.69, 9.17) is 0 Å². The fourth-order valence-corrected chi connectivity index (χ4v) is 2.85. The van der Waals surface area contributed by atoms with Crippen molar-refractivity contribution in [2.24, 2.45) is 5.92 Å². The molecule has 0 aromatic carbocycles. The molecule has 0 unspecified atom stereocenters. The zero-order valence-electron chi connectivity index (χ0n) is 10.3. The number of rotatable bonds is 6. The SMILES string of the molecule is C[C@H](NC(=O)CCCCBr)C1CCCCC1. The first-order valence-corrected chi connectivity index (χ1v) is 7.71. The Bertz CT molecular complexity index is 202. The summed E-state index contributed by atoms with van der Waals surface area (Å²) in [4.78, 5) is 11.6. The van der Waals surface area contributed by atoms with Crippen molar-refractivity contribution in [3.63, 3.8) is 0 Å². The normalized spacial score (nSPS) is 19.4. The summed E-state index contributed by atoms with van der Waals surface area (Å²) >= 11 is 3.38. The molecule has 3 heteroatoms. The maximum absolute atomic E-state index is 11.6. The van der Waals surface area contributed by atoms with E-state index >= 15 is 0 Å². The van der Waals surface area contributed by atoms with Crippen LogP contribution in [0.1, 0.15) is 58.3 Å². The number of unbranched alkanes of at least 4 members (excludes halogenated alkanes) is 1. The second-order valence-corrected chi connectivity index (χ2v) is 5.69. The number of halogens is 1. The molecule has 0 heterocycles. The molecule has 1 rings (SSSR count). The average molecular weight is 290 g/mol. The fourth-order valence-electron chi connectivity index (χ4n) is 2.46. The monoisotopic (exact) mass is 289 g/mol. The quantitative estimate of drug-likeness (QED) is 0.587. The Kier molecular flexibility index (Phi) is 7.10. The molecule has 94 valence electrons. The molecule has 0 aromatic heterocycles. The summed E-state index contributed by atoms with van der Waals surface area (Å²) in [7, 11) is 0. The maximum atomic E-state index is 11.6. The molecule has 16 heavy (non-hydrogen) atoms. The summed E-state index contributed by atoms with van der Waals surface area (Å²) in [5, 5.41) is 4.15. The van der Waals surface area contributed by atoms with Crippen LogP contribution < -0.4 is 5.32 Å². The summed E-state index contributed by atoms with van der Waals surface area (Å²) in [5.41, 5.74) is 0. The van der Waals surface area contributed by atoms with Crippen molar-refractivity contribution in [3.05, 3.63) is 0 Å². The first-order valence-electron chi connectivity index (χ1n) is 6.59. The van der Waals surface area contributed by atoms with Crippen molar-refractivity contribution in [2.45, 2.75) is 64.3 Å². The van der Waals surface area contributed by atoms with Gasteiger partial charge in [0.25, 0.3) is 0 Å². The van der Waals surface area contributed by atoms with Crippen LogP contribution in [0, 0.1) is 5.92 Å². The van der Waals surface area contributed by atoms with E-state index in [2.05, 4.69) is 28.2 Å². The van der Waals surface area contributed by atoms with Crippen LogP contribution in [0.2, 0.25) is 0 Å². The molecule has 0 aromatic rings. The smallest absolute Gasteiger partial charge is 0.220 e. The van der Waals surface area contributed by atoms with Crippen LogP contribution in [0.3, 0.4) is 0 Å². The van der Waals surface area contributed by atoms with Gasteiger partial charge < -0.3 is 5.32 Å². The maximum Gasteiger partial charge on any atom is 0.220 e. The van der Waals surface area contributed by atoms with Gasteiger partial charge in [0.05, 0.1) is 0 Å². The van der Waals surface area contributed by atoms with Crippen LogP contribution in [0.15, 0.2) is 0 Å². The van der Waals surface area contributed by atoms with Crippen LogP contribution in [0.4, 0.5) is 0 Å². The van der Waals surface area contributed by atoms with E-state index in [1.807, 2.05) is 0 Å². The predicted molar refractivity (Wildman–Crippen MR) is 71.8 cm³/mol. The van der Waals surface area contributed by atoms with Crippen molar-refractivity contribution < 1.29 is 4.79 Å². The second-order valence-electron chi connectivity index (χ2n) is 4.90. The zero-order valence-corrected chi connectivity index (χ0v) is 11.9.